The zero-order valence-corrected chi connectivity index (χ0v) is 11.7. The summed E-state index contributed by atoms with van der Waals surface area (Å²) in [6, 6.07) is 12.0. The molecule has 0 amide bonds. The van der Waals surface area contributed by atoms with Crippen LogP contribution in [0.2, 0.25) is 0 Å². The van der Waals surface area contributed by atoms with Gasteiger partial charge in [-0.3, -0.25) is 0 Å². The Hall–Kier alpha value is -2.16. The Balaban J connectivity index is 1.91. The molecule has 1 aliphatic rings. The van der Waals surface area contributed by atoms with E-state index in [1.807, 2.05) is 30.3 Å². The van der Waals surface area contributed by atoms with Crippen LogP contribution in [0.15, 0.2) is 42.5 Å². The molecular formula is C17H18N2O. The van der Waals surface area contributed by atoms with Crippen molar-refractivity contribution in [2.45, 2.75) is 25.7 Å². The van der Waals surface area contributed by atoms with Gasteiger partial charge >= 0.3 is 0 Å². The Morgan fingerprint density at radius 3 is 2.45 bits per heavy atom. The van der Waals surface area contributed by atoms with E-state index in [1.54, 1.807) is 7.11 Å². The van der Waals surface area contributed by atoms with Crippen LogP contribution in [0.5, 0.6) is 5.75 Å². The van der Waals surface area contributed by atoms with Gasteiger partial charge in [-0.05, 0) is 55.5 Å². The number of hydrogen-bond acceptors (Lipinski definition) is 3. The molecule has 0 saturated heterocycles. The topological polar surface area (TPSA) is 35.0 Å². The van der Waals surface area contributed by atoms with Gasteiger partial charge in [0.15, 0.2) is 0 Å². The molecule has 0 fully saturated rings. The van der Waals surface area contributed by atoms with Gasteiger partial charge in [-0.1, -0.05) is 18.2 Å². The molecule has 3 nitrogen and oxygen atoms in total. The van der Waals surface area contributed by atoms with Crippen molar-refractivity contribution in [3.05, 3.63) is 48.2 Å². The molecule has 0 spiro atoms. The fourth-order valence-corrected chi connectivity index (χ4v) is 2.57. The largest absolute Gasteiger partial charge is 0.496 e. The van der Waals surface area contributed by atoms with Crippen LogP contribution in [0.3, 0.4) is 0 Å². The van der Waals surface area contributed by atoms with Crippen LogP contribution in [0, 0.1) is 0 Å². The van der Waals surface area contributed by atoms with Crippen molar-refractivity contribution >= 4 is 5.57 Å². The van der Waals surface area contributed by atoms with E-state index >= 15 is 0 Å². The Kier molecular flexibility index (Phi) is 3.77. The Bertz CT molecular complexity index is 617. The minimum atomic E-state index is 0.825. The van der Waals surface area contributed by atoms with Gasteiger partial charge in [0.1, 0.15) is 5.75 Å². The highest BCUT2D eigenvalue weighted by atomic mass is 16.5. The normalized spacial score (nSPS) is 14.8. The number of para-hydroxylation sites is 1. The van der Waals surface area contributed by atoms with E-state index in [1.165, 1.54) is 18.4 Å². The summed E-state index contributed by atoms with van der Waals surface area (Å²) >= 11 is 0. The van der Waals surface area contributed by atoms with Gasteiger partial charge in [-0.15, -0.1) is 5.10 Å². The summed E-state index contributed by atoms with van der Waals surface area (Å²) in [6.07, 6.45) is 7.10. The first kappa shape index (κ1) is 12.9. The van der Waals surface area contributed by atoms with Crippen LogP contribution in [0.1, 0.15) is 31.4 Å². The second-order valence-electron chi connectivity index (χ2n) is 4.98. The molecule has 0 unspecified atom stereocenters. The second-order valence-corrected chi connectivity index (χ2v) is 4.98. The van der Waals surface area contributed by atoms with Gasteiger partial charge in [-0.25, -0.2) is 0 Å². The summed E-state index contributed by atoms with van der Waals surface area (Å²) in [5.41, 5.74) is 4.16. The molecule has 2 aromatic rings. The van der Waals surface area contributed by atoms with Crippen molar-refractivity contribution in [2.24, 2.45) is 0 Å². The van der Waals surface area contributed by atoms with E-state index in [4.69, 9.17) is 4.74 Å². The van der Waals surface area contributed by atoms with Crippen molar-refractivity contribution in [2.75, 3.05) is 7.11 Å². The maximum absolute atomic E-state index is 5.37. The number of ether oxygens (including phenoxy) is 1. The van der Waals surface area contributed by atoms with Crippen LogP contribution >= 0.6 is 0 Å². The average Bonchev–Trinajstić information content (AvgIpc) is 2.56. The number of rotatable bonds is 3. The predicted molar refractivity (Wildman–Crippen MR) is 80.5 cm³/mol. The molecular weight excluding hydrogens is 248 g/mol. The van der Waals surface area contributed by atoms with Gasteiger partial charge in [0, 0.05) is 5.56 Å². The third-order valence-electron chi connectivity index (χ3n) is 3.67. The van der Waals surface area contributed by atoms with Crippen molar-refractivity contribution in [3.8, 4) is 17.0 Å². The average molecular weight is 266 g/mol. The number of hydrogen-bond donors (Lipinski definition) is 0. The molecule has 102 valence electrons. The van der Waals surface area contributed by atoms with E-state index in [0.717, 1.165) is 35.5 Å². The molecule has 0 radical (unpaired) electrons. The minimum Gasteiger partial charge on any atom is -0.496 e. The molecule has 0 saturated carbocycles. The number of aromatic nitrogens is 2. The summed E-state index contributed by atoms with van der Waals surface area (Å²) in [6.45, 7) is 0. The van der Waals surface area contributed by atoms with Crippen LogP contribution in [-0.4, -0.2) is 17.3 Å². The lowest BCUT2D eigenvalue weighted by atomic mass is 9.97. The number of benzene rings is 1. The zero-order chi connectivity index (χ0) is 13.8. The highest BCUT2D eigenvalue weighted by molar-refractivity contribution is 5.69. The van der Waals surface area contributed by atoms with Crippen LogP contribution in [0.25, 0.3) is 16.8 Å². The number of methoxy groups -OCH3 is 1. The van der Waals surface area contributed by atoms with Gasteiger partial charge in [-0.2, -0.15) is 5.10 Å². The van der Waals surface area contributed by atoms with Gasteiger partial charge in [0.25, 0.3) is 0 Å². The third-order valence-corrected chi connectivity index (χ3v) is 3.67. The van der Waals surface area contributed by atoms with Gasteiger partial charge < -0.3 is 4.74 Å². The maximum Gasteiger partial charge on any atom is 0.128 e. The standard InChI is InChI=1S/C17H18N2O/c1-20-17-10-6-5-9-14(17)16-12-11-15(18-19-16)13-7-3-2-4-8-13/h5-7,9-12H,2-4,8H2,1H3. The molecule has 1 aromatic carbocycles. The fourth-order valence-electron chi connectivity index (χ4n) is 2.57. The monoisotopic (exact) mass is 266 g/mol. The first-order valence-corrected chi connectivity index (χ1v) is 7.05. The quantitative estimate of drug-likeness (QED) is 0.838. The second kappa shape index (κ2) is 5.87. The van der Waals surface area contributed by atoms with E-state index in [0.29, 0.717) is 0 Å². The summed E-state index contributed by atoms with van der Waals surface area (Å²) < 4.78 is 5.37. The third kappa shape index (κ3) is 2.57. The predicted octanol–water partition coefficient (Wildman–Crippen LogP) is 4.11. The highest BCUT2D eigenvalue weighted by Gasteiger charge is 2.10. The molecule has 20 heavy (non-hydrogen) atoms. The molecule has 3 heteroatoms. The first-order chi connectivity index (χ1) is 9.88. The van der Waals surface area contributed by atoms with E-state index in [2.05, 4.69) is 22.3 Å². The van der Waals surface area contributed by atoms with Crippen LogP contribution in [-0.2, 0) is 0 Å². The molecule has 0 aliphatic heterocycles. The summed E-state index contributed by atoms with van der Waals surface area (Å²) in [7, 11) is 1.67. The lowest BCUT2D eigenvalue weighted by Crippen LogP contribution is -1.98. The van der Waals surface area contributed by atoms with E-state index in [9.17, 15) is 0 Å². The highest BCUT2D eigenvalue weighted by Crippen LogP contribution is 2.29. The zero-order valence-electron chi connectivity index (χ0n) is 11.7. The number of allylic oxidation sites excluding steroid dienone is 2. The van der Waals surface area contributed by atoms with Crippen molar-refractivity contribution in [1.29, 1.82) is 0 Å². The van der Waals surface area contributed by atoms with Gasteiger partial charge in [0.2, 0.25) is 0 Å². The lowest BCUT2D eigenvalue weighted by molar-refractivity contribution is 0.416. The number of nitrogens with zero attached hydrogens (tertiary/aromatic N) is 2. The Labute approximate surface area is 119 Å². The van der Waals surface area contributed by atoms with Gasteiger partial charge in [0.05, 0.1) is 18.5 Å². The van der Waals surface area contributed by atoms with Crippen molar-refractivity contribution in [3.63, 3.8) is 0 Å². The molecule has 3 rings (SSSR count). The fraction of sp³-hybridized carbons (Fsp3) is 0.294. The van der Waals surface area contributed by atoms with Crippen LogP contribution < -0.4 is 4.74 Å². The smallest absolute Gasteiger partial charge is 0.128 e. The Morgan fingerprint density at radius 1 is 0.950 bits per heavy atom. The summed E-state index contributed by atoms with van der Waals surface area (Å²) in [5.74, 6) is 0.825. The van der Waals surface area contributed by atoms with Crippen LogP contribution in [0.4, 0.5) is 0 Å². The molecule has 0 atom stereocenters. The first-order valence-electron chi connectivity index (χ1n) is 7.05. The molecule has 1 aromatic heterocycles. The summed E-state index contributed by atoms with van der Waals surface area (Å²) in [5, 5.41) is 8.74. The summed E-state index contributed by atoms with van der Waals surface area (Å²) in [4.78, 5) is 0. The Morgan fingerprint density at radius 2 is 1.75 bits per heavy atom. The van der Waals surface area contributed by atoms with Crippen molar-refractivity contribution < 1.29 is 4.74 Å². The maximum atomic E-state index is 5.37. The van der Waals surface area contributed by atoms with Crippen molar-refractivity contribution in [1.82, 2.24) is 10.2 Å². The van der Waals surface area contributed by atoms with E-state index < -0.39 is 0 Å². The SMILES string of the molecule is COc1ccccc1-c1ccc(C2=CCCCC2)nn1. The van der Waals surface area contributed by atoms with E-state index in [-0.39, 0.29) is 0 Å². The molecule has 0 N–H and O–H groups in total. The lowest BCUT2D eigenvalue weighted by Gasteiger charge is -2.12. The molecule has 0 bridgehead atoms. The molecule has 1 heterocycles. The minimum absolute atomic E-state index is 0.825. The molecule has 1 aliphatic carbocycles.